The third-order valence-electron chi connectivity index (χ3n) is 22.8. The number of nitrogens with one attached hydrogen (secondary N) is 1. The molecule has 5 aliphatic heterocycles. The van der Waals surface area contributed by atoms with Crippen molar-refractivity contribution in [3.05, 3.63) is 295 Å². The molecule has 644 valence electrons. The molecule has 0 saturated carbocycles. The molecule has 0 radical (unpaired) electrons. The smallest absolute Gasteiger partial charge is 0.333 e. The predicted octanol–water partition coefficient (Wildman–Crippen LogP) is 19.8. The number of carbonyl (C=O) groups excluding carboxylic acids is 4. The van der Waals surface area contributed by atoms with Crippen LogP contribution in [-0.4, -0.2) is 128 Å². The zero-order valence-corrected chi connectivity index (χ0v) is 73.8. The molecule has 122 heavy (non-hydrogen) atoms. The van der Waals surface area contributed by atoms with Crippen LogP contribution in [0.3, 0.4) is 0 Å². The number of anilines is 2. The molecule has 26 heteroatoms. The number of hydrogen-bond acceptors (Lipinski definition) is 14. The van der Waals surface area contributed by atoms with Gasteiger partial charge in [-0.05, 0) is 194 Å². The number of aryl methyl sites for hydroxylation is 2. The lowest BCUT2D eigenvalue weighted by atomic mass is 9.81. The monoisotopic (exact) mass is 1690 g/mol. The summed E-state index contributed by atoms with van der Waals surface area (Å²) in [5, 5.41) is 10.2. The van der Waals surface area contributed by atoms with Crippen LogP contribution in [0.4, 0.5) is 22.7 Å². The van der Waals surface area contributed by atoms with E-state index in [1.54, 1.807) is 24.3 Å². The van der Waals surface area contributed by atoms with Gasteiger partial charge in [0.2, 0.25) is 17.3 Å². The van der Waals surface area contributed by atoms with Gasteiger partial charge in [-0.25, -0.2) is 4.79 Å². The van der Waals surface area contributed by atoms with E-state index in [4.69, 9.17) is 21.6 Å². The molecule has 4 aromatic carbocycles. The number of carbonyl (C=O) groups is 4. The van der Waals surface area contributed by atoms with Gasteiger partial charge in [0.05, 0.1) is 20.6 Å². The van der Waals surface area contributed by atoms with Crippen LogP contribution in [0.5, 0.6) is 0 Å². The van der Waals surface area contributed by atoms with Crippen LogP contribution in [0, 0.1) is 13.8 Å². The van der Waals surface area contributed by atoms with E-state index < -0.39 is 48.8 Å². The summed E-state index contributed by atoms with van der Waals surface area (Å²) in [6.45, 7) is 26.7. The summed E-state index contributed by atoms with van der Waals surface area (Å²) in [5.74, 6) is -1.64. The Bertz CT molecular complexity index is 5410. The van der Waals surface area contributed by atoms with E-state index in [0.717, 1.165) is 98.4 Å². The van der Waals surface area contributed by atoms with Crippen LogP contribution < -0.4 is 20.9 Å². The second kappa shape index (κ2) is 43.9. The van der Waals surface area contributed by atoms with Crippen molar-refractivity contribution in [3.8, 4) is 0 Å². The van der Waals surface area contributed by atoms with E-state index in [-0.39, 0.29) is 45.8 Å². The average molecular weight is 1700 g/mol. The first-order chi connectivity index (χ1) is 58.2. The van der Waals surface area contributed by atoms with Gasteiger partial charge < -0.3 is 25.7 Å². The number of hydroxylamine groups is 2. The predicted molar refractivity (Wildman–Crippen MR) is 487 cm³/mol. The molecule has 4 aromatic rings. The minimum Gasteiger partial charge on any atom is -0.356 e. The molecule has 11 rings (SSSR count). The number of unbranched alkanes of at least 4 members (excludes halogenated alkanes) is 4. The Hall–Kier alpha value is -11.3. The maximum atomic E-state index is 12.3. The third kappa shape index (κ3) is 25.0. The van der Waals surface area contributed by atoms with Crippen LogP contribution >= 0.6 is 0 Å². The maximum absolute atomic E-state index is 12.3. The van der Waals surface area contributed by atoms with Gasteiger partial charge in [0, 0.05) is 150 Å². The fraction of sp³-hybridized carbons (Fsp3) is 0.396. The number of nitrogens with two attached hydrogens (primary N) is 1. The minimum atomic E-state index is -4.41. The van der Waals surface area contributed by atoms with E-state index in [9.17, 15) is 45.1 Å². The molecule has 3 amide bonds. The van der Waals surface area contributed by atoms with E-state index in [1.165, 1.54) is 68.3 Å². The molecule has 24 nitrogen and oxygen atoms in total. The third-order valence-corrected chi connectivity index (χ3v) is 24.5. The number of amides is 3. The van der Waals surface area contributed by atoms with Crippen molar-refractivity contribution in [1.29, 1.82) is 0 Å². The second-order valence-corrected chi connectivity index (χ2v) is 36.0. The average Bonchev–Trinajstić information content (AvgIpc) is 1.59. The lowest BCUT2D eigenvalue weighted by Crippen LogP contribution is -2.31. The number of allylic oxidation sites excluding steroid dienone is 28. The van der Waals surface area contributed by atoms with Gasteiger partial charge in [-0.2, -0.15) is 26.0 Å². The van der Waals surface area contributed by atoms with Crippen molar-refractivity contribution < 1.29 is 59.1 Å². The number of imide groups is 1. The number of fused-ring (bicyclic) bond motifs is 4. The van der Waals surface area contributed by atoms with Crippen molar-refractivity contribution in [2.75, 3.05) is 62.2 Å². The molecular formula is C96H119N13O11S2+2. The minimum absolute atomic E-state index is 0.0165. The van der Waals surface area contributed by atoms with Crippen LogP contribution in [0.25, 0.3) is 20.9 Å². The molecule has 5 heterocycles. The fourth-order valence-electron chi connectivity index (χ4n) is 16.3. The number of azide groups is 2. The zero-order valence-electron chi connectivity index (χ0n) is 72.1. The first-order valence-electron chi connectivity index (χ1n) is 42.1. The molecule has 0 spiro atoms. The Morgan fingerprint density at radius 2 is 0.959 bits per heavy atom. The van der Waals surface area contributed by atoms with Crippen molar-refractivity contribution in [2.24, 2.45) is 16.0 Å². The molecule has 0 unspecified atom stereocenters. The summed E-state index contributed by atoms with van der Waals surface area (Å²) in [6.07, 6.45) is 60.5. The van der Waals surface area contributed by atoms with Crippen LogP contribution in [-0.2, 0) is 65.9 Å². The van der Waals surface area contributed by atoms with E-state index in [0.29, 0.717) is 76.4 Å². The summed E-state index contributed by atoms with van der Waals surface area (Å²) >= 11 is 0. The Balaban J connectivity index is 0.000000257. The second-order valence-electron chi connectivity index (χ2n) is 33.2. The largest absolute Gasteiger partial charge is 0.356 e. The highest BCUT2D eigenvalue weighted by atomic mass is 32.2. The van der Waals surface area contributed by atoms with Crippen LogP contribution in [0.2, 0.25) is 0 Å². The lowest BCUT2D eigenvalue weighted by Gasteiger charge is -2.27. The maximum Gasteiger partial charge on any atom is 0.333 e. The van der Waals surface area contributed by atoms with E-state index in [1.807, 2.05) is 56.4 Å². The van der Waals surface area contributed by atoms with Crippen LogP contribution in [0.15, 0.2) is 261 Å². The van der Waals surface area contributed by atoms with E-state index >= 15 is 0 Å². The summed E-state index contributed by atoms with van der Waals surface area (Å²) < 4.78 is 72.6. The van der Waals surface area contributed by atoms with Crippen LogP contribution in [0.1, 0.15) is 192 Å². The first-order valence-corrected chi connectivity index (χ1v) is 45.0. The van der Waals surface area contributed by atoms with Crippen molar-refractivity contribution >= 4 is 78.1 Å². The van der Waals surface area contributed by atoms with Crippen molar-refractivity contribution in [2.45, 2.75) is 203 Å². The van der Waals surface area contributed by atoms with Gasteiger partial charge in [-0.15, -0.1) is 5.06 Å². The van der Waals surface area contributed by atoms with Gasteiger partial charge in [0.15, 0.2) is 11.4 Å². The van der Waals surface area contributed by atoms with Crippen molar-refractivity contribution in [3.63, 3.8) is 0 Å². The van der Waals surface area contributed by atoms with E-state index in [2.05, 4.69) is 239 Å². The quantitative estimate of drug-likeness (QED) is 0.00481. The Morgan fingerprint density at radius 3 is 1.40 bits per heavy atom. The molecule has 5 N–H and O–H groups in total. The number of hydrogen-bond donors (Lipinski definition) is 4. The first kappa shape index (κ1) is 94.5. The zero-order chi connectivity index (χ0) is 88.3. The molecule has 2 aliphatic carbocycles. The molecule has 1 saturated heterocycles. The number of rotatable bonds is 36. The Labute approximate surface area is 720 Å². The topological polar surface area (TPSA) is 338 Å². The molecule has 0 atom stereocenters. The summed E-state index contributed by atoms with van der Waals surface area (Å²) in [7, 11) is -8.78. The lowest BCUT2D eigenvalue weighted by molar-refractivity contribution is -0.438. The van der Waals surface area contributed by atoms with Gasteiger partial charge in [0.1, 0.15) is 13.1 Å². The standard InChI is InChI=1S/C47H53N3O7S.C46H56N6O4S.C3H8N4/c1-34-24-26-39-37(32-34)46(2,3)41(49(39)31-17-20-35-18-11-7-6-8-12-19-35)21-13-9-14-22-42-47(4,5)38-33-36(58(54,55)56)25-27-40(38)48(42)30-16-10-15-23-45(53)57-50-43(51)28-29-44(50)52;1-35-25-27-40-38(33-35)45(2,3)42(52(40)32-17-21-36-19-11-7-6-8-12-20-36)22-13-9-14-23-43-46(4,5)39-34-37(57(54,55)56)26-28-41(39)51(43)31-16-10-15-24-44(53)48-29-18-30-49-50-47;4-2-1-3-6-7-5/h6-9,11-14,18-19,21-22,24-27,32-33H,10,15-17,20,23,28-31H2,1-5H3;6-9,11-14,19-20,22-23,25-28,33-34H,10,15-18,21,24,29-32H2,1-5H3,(H-,48,53,54,55,56);1-4H2/p+2/b7-6-,8-6?,11-7?,12-8-,18-11?,19-12?,35-18?,35-19?;7-6-,8-6?,11-7?,12-8-,19-11?,20-12?,36-19?,36-20?;. The van der Waals surface area contributed by atoms with Gasteiger partial charge in [-0.1, -0.05) is 195 Å². The summed E-state index contributed by atoms with van der Waals surface area (Å²) in [5.41, 5.74) is 37.8. The number of nitrogens with zero attached hydrogens (tertiary/aromatic N) is 11. The molecule has 0 aromatic heterocycles. The highest BCUT2D eigenvalue weighted by molar-refractivity contribution is 7.86. The highest BCUT2D eigenvalue weighted by Gasteiger charge is 2.47. The summed E-state index contributed by atoms with van der Waals surface area (Å²) in [4.78, 5) is 63.2. The SMILES string of the molecule is Cc1ccc2c(c1)C(C)(C)C(=CC=CC=CC1=[N+](CCCCCC(=O)NCCCN=[N+]=[N-])c3ccc(S(=O)(=O)O)cc3C1(C)C)N2CCCC1=C/C=C\C=C/C=C1.Cc1ccc2c(c1)C(C)(C)C(=CC=CC=CC1=[N+](CCCCCC(=O)ON3C(=O)CCC3=O)c3ccc(S(=O)(=O)O)cc3C1(C)C)N2CCCC1=C/C=C\C=C/C=C1.[N-]=[N+]=NCCCN. The molecular weight excluding hydrogens is 1580 g/mol. The Morgan fingerprint density at radius 1 is 0.525 bits per heavy atom. The normalized spacial score (nSPS) is 18.8. The molecule has 0 bridgehead atoms. The molecule has 1 fully saturated rings. The summed E-state index contributed by atoms with van der Waals surface area (Å²) in [6, 6.07) is 23.0. The fourth-order valence-corrected chi connectivity index (χ4v) is 17.3. The van der Waals surface area contributed by atoms with Gasteiger partial charge in [-0.3, -0.25) is 23.5 Å². The molecule has 7 aliphatic rings. The highest BCUT2D eigenvalue weighted by Crippen LogP contribution is 2.51. The number of benzene rings is 4. The van der Waals surface area contributed by atoms with Gasteiger partial charge >= 0.3 is 5.97 Å². The van der Waals surface area contributed by atoms with Crippen molar-refractivity contribution in [1.82, 2.24) is 10.4 Å². The van der Waals surface area contributed by atoms with Gasteiger partial charge in [0.25, 0.3) is 32.1 Å². The Kier molecular flexibility index (Phi) is 34.0.